The second-order valence-corrected chi connectivity index (χ2v) is 4.48. The van der Waals surface area contributed by atoms with Crippen molar-refractivity contribution in [2.75, 3.05) is 25.6 Å². The first-order valence-electron chi connectivity index (χ1n) is 5.74. The van der Waals surface area contributed by atoms with Gasteiger partial charge in [-0.05, 0) is 6.07 Å². The highest BCUT2D eigenvalue weighted by Crippen LogP contribution is 2.27. The molecule has 2 rings (SSSR count). The number of aromatic nitrogens is 2. The Hall–Kier alpha value is -1.44. The highest BCUT2D eigenvalue weighted by atomic mass is 16.5. The summed E-state index contributed by atoms with van der Waals surface area (Å²) in [5.74, 6) is 0.563. The molecule has 1 fully saturated rings. The standard InChI is InChI=1S/C11H17N3O4/c1-13(2)9-3-4-14(11(17)12-9)10-5-7(16)8(6-15)18-10/h3-4,7-8,10,15-16H,5-6H2,1-2H3/t7-,8-,10-/m1/s1. The van der Waals surface area contributed by atoms with Crippen LogP contribution in [0.3, 0.4) is 0 Å². The summed E-state index contributed by atoms with van der Waals surface area (Å²) < 4.78 is 6.72. The second-order valence-electron chi connectivity index (χ2n) is 4.48. The van der Waals surface area contributed by atoms with E-state index in [0.29, 0.717) is 5.82 Å². The molecule has 0 bridgehead atoms. The Morgan fingerprint density at radius 1 is 1.61 bits per heavy atom. The minimum atomic E-state index is -0.763. The average Bonchev–Trinajstić information content (AvgIpc) is 2.70. The SMILES string of the molecule is CN(C)c1ccn([C@H]2C[C@@H](O)[C@@H](CO)O2)c(=O)n1. The van der Waals surface area contributed by atoms with Crippen molar-refractivity contribution in [2.24, 2.45) is 0 Å². The van der Waals surface area contributed by atoms with E-state index in [1.807, 2.05) is 0 Å². The number of aliphatic hydroxyl groups excluding tert-OH is 2. The van der Waals surface area contributed by atoms with E-state index in [0.717, 1.165) is 0 Å². The van der Waals surface area contributed by atoms with Gasteiger partial charge in [-0.1, -0.05) is 0 Å². The molecule has 1 aromatic heterocycles. The van der Waals surface area contributed by atoms with Crippen molar-refractivity contribution in [3.05, 3.63) is 22.7 Å². The van der Waals surface area contributed by atoms with Crippen molar-refractivity contribution in [3.8, 4) is 0 Å². The zero-order valence-corrected chi connectivity index (χ0v) is 10.4. The Morgan fingerprint density at radius 2 is 2.33 bits per heavy atom. The molecule has 18 heavy (non-hydrogen) atoms. The molecule has 0 radical (unpaired) electrons. The van der Waals surface area contributed by atoms with Gasteiger partial charge in [0.15, 0.2) is 0 Å². The van der Waals surface area contributed by atoms with Gasteiger partial charge in [0, 0.05) is 26.7 Å². The monoisotopic (exact) mass is 255 g/mol. The van der Waals surface area contributed by atoms with Crippen LogP contribution in [0.2, 0.25) is 0 Å². The van der Waals surface area contributed by atoms with Crippen LogP contribution in [0.1, 0.15) is 12.6 Å². The maximum Gasteiger partial charge on any atom is 0.351 e. The largest absolute Gasteiger partial charge is 0.394 e. The lowest BCUT2D eigenvalue weighted by molar-refractivity contribution is -0.0458. The van der Waals surface area contributed by atoms with Crippen molar-refractivity contribution in [3.63, 3.8) is 0 Å². The van der Waals surface area contributed by atoms with Gasteiger partial charge >= 0.3 is 5.69 Å². The molecule has 1 aliphatic heterocycles. The fraction of sp³-hybridized carbons (Fsp3) is 0.636. The van der Waals surface area contributed by atoms with Crippen LogP contribution in [0.15, 0.2) is 17.1 Å². The summed E-state index contributed by atoms with van der Waals surface area (Å²) in [5, 5.41) is 18.6. The smallest absolute Gasteiger partial charge is 0.351 e. The van der Waals surface area contributed by atoms with Crippen LogP contribution in [-0.2, 0) is 4.74 Å². The van der Waals surface area contributed by atoms with Crippen molar-refractivity contribution in [1.82, 2.24) is 9.55 Å². The van der Waals surface area contributed by atoms with Gasteiger partial charge in [-0.3, -0.25) is 4.57 Å². The first kappa shape index (κ1) is 13.0. The molecule has 0 amide bonds. The van der Waals surface area contributed by atoms with Crippen molar-refractivity contribution in [1.29, 1.82) is 0 Å². The van der Waals surface area contributed by atoms with E-state index in [2.05, 4.69) is 4.98 Å². The van der Waals surface area contributed by atoms with Crippen LogP contribution in [0.5, 0.6) is 0 Å². The van der Waals surface area contributed by atoms with Gasteiger partial charge in [-0.25, -0.2) is 4.79 Å². The van der Waals surface area contributed by atoms with Crippen LogP contribution in [0, 0.1) is 0 Å². The zero-order chi connectivity index (χ0) is 13.3. The number of aliphatic hydroxyl groups is 2. The van der Waals surface area contributed by atoms with Gasteiger partial charge in [-0.15, -0.1) is 0 Å². The zero-order valence-electron chi connectivity index (χ0n) is 10.4. The Kier molecular flexibility index (Phi) is 3.65. The van der Waals surface area contributed by atoms with Crippen LogP contribution in [-0.4, -0.2) is 52.7 Å². The van der Waals surface area contributed by atoms with Crippen molar-refractivity contribution in [2.45, 2.75) is 24.9 Å². The third-order valence-electron chi connectivity index (χ3n) is 2.97. The molecule has 2 heterocycles. The van der Waals surface area contributed by atoms with Crippen LogP contribution in [0.25, 0.3) is 0 Å². The quantitative estimate of drug-likeness (QED) is 0.716. The van der Waals surface area contributed by atoms with Crippen molar-refractivity contribution >= 4 is 5.82 Å². The maximum atomic E-state index is 11.8. The van der Waals surface area contributed by atoms with Gasteiger partial charge in [0.1, 0.15) is 18.1 Å². The van der Waals surface area contributed by atoms with Gasteiger partial charge in [0.2, 0.25) is 0 Å². The van der Waals surface area contributed by atoms with E-state index in [4.69, 9.17) is 9.84 Å². The highest BCUT2D eigenvalue weighted by molar-refractivity contribution is 5.33. The summed E-state index contributed by atoms with van der Waals surface area (Å²) >= 11 is 0. The summed E-state index contributed by atoms with van der Waals surface area (Å²) in [7, 11) is 3.59. The summed E-state index contributed by atoms with van der Waals surface area (Å²) in [6, 6.07) is 1.70. The molecule has 1 saturated heterocycles. The first-order valence-corrected chi connectivity index (χ1v) is 5.74. The number of ether oxygens (including phenoxy) is 1. The van der Waals surface area contributed by atoms with Crippen LogP contribution in [0.4, 0.5) is 5.82 Å². The minimum Gasteiger partial charge on any atom is -0.394 e. The molecule has 0 spiro atoms. The molecular formula is C11H17N3O4. The summed E-state index contributed by atoms with van der Waals surface area (Å²) in [4.78, 5) is 17.5. The lowest BCUT2D eigenvalue weighted by Crippen LogP contribution is -2.29. The molecule has 100 valence electrons. The predicted octanol–water partition coefficient (Wildman–Crippen LogP) is -1.05. The molecule has 3 atom stereocenters. The number of hydrogen-bond donors (Lipinski definition) is 2. The maximum absolute atomic E-state index is 11.8. The summed E-state index contributed by atoms with van der Waals surface area (Å²) in [5.41, 5.74) is -0.433. The number of rotatable bonds is 3. The van der Waals surface area contributed by atoms with E-state index in [9.17, 15) is 9.90 Å². The van der Waals surface area contributed by atoms with Gasteiger partial charge in [0.05, 0.1) is 12.7 Å². The number of anilines is 1. The fourth-order valence-corrected chi connectivity index (χ4v) is 1.92. The van der Waals surface area contributed by atoms with E-state index in [1.54, 1.807) is 31.3 Å². The van der Waals surface area contributed by atoms with Crippen LogP contribution < -0.4 is 10.6 Å². The minimum absolute atomic E-state index is 0.268. The lowest BCUT2D eigenvalue weighted by atomic mass is 10.2. The summed E-state index contributed by atoms with van der Waals surface area (Å²) in [6.45, 7) is -0.268. The van der Waals surface area contributed by atoms with E-state index < -0.39 is 24.1 Å². The molecule has 0 unspecified atom stereocenters. The van der Waals surface area contributed by atoms with Crippen LogP contribution >= 0.6 is 0 Å². The first-order chi connectivity index (χ1) is 8.52. The number of hydrogen-bond acceptors (Lipinski definition) is 6. The van der Waals surface area contributed by atoms with E-state index in [-0.39, 0.29) is 13.0 Å². The lowest BCUT2D eigenvalue weighted by Gasteiger charge is -2.16. The third kappa shape index (κ3) is 2.38. The molecule has 2 N–H and O–H groups in total. The molecule has 1 aromatic rings. The summed E-state index contributed by atoms with van der Waals surface area (Å²) in [6.07, 6.45) is -0.125. The Balaban J connectivity index is 2.23. The fourth-order valence-electron chi connectivity index (χ4n) is 1.92. The molecule has 0 aromatic carbocycles. The topological polar surface area (TPSA) is 87.8 Å². The van der Waals surface area contributed by atoms with Crippen molar-refractivity contribution < 1.29 is 14.9 Å². The molecule has 0 aliphatic carbocycles. The molecule has 7 heteroatoms. The molecule has 0 saturated carbocycles. The van der Waals surface area contributed by atoms with E-state index in [1.165, 1.54) is 4.57 Å². The van der Waals surface area contributed by atoms with Gasteiger partial charge in [-0.2, -0.15) is 4.98 Å². The van der Waals surface area contributed by atoms with E-state index >= 15 is 0 Å². The normalized spacial score (nSPS) is 27.4. The highest BCUT2D eigenvalue weighted by Gasteiger charge is 2.34. The molecule has 7 nitrogen and oxygen atoms in total. The predicted molar refractivity (Wildman–Crippen MR) is 64.4 cm³/mol. The third-order valence-corrected chi connectivity index (χ3v) is 2.97. The van der Waals surface area contributed by atoms with Gasteiger partial charge in [0.25, 0.3) is 0 Å². The van der Waals surface area contributed by atoms with Gasteiger partial charge < -0.3 is 19.8 Å². The average molecular weight is 255 g/mol. The molecule has 1 aliphatic rings. The Morgan fingerprint density at radius 3 is 2.83 bits per heavy atom. The molecular weight excluding hydrogens is 238 g/mol. The Labute approximate surface area is 104 Å². The second kappa shape index (κ2) is 5.05. The Bertz CT molecular complexity index is 474. The number of nitrogens with zero attached hydrogens (tertiary/aromatic N) is 3.